The molecule has 114 valence electrons. The first-order valence-corrected chi connectivity index (χ1v) is 8.71. The average molecular weight is 288 g/mol. The molecule has 0 saturated heterocycles. The second kappa shape index (κ2) is 4.13. The first-order valence-electron chi connectivity index (χ1n) is 8.71. The summed E-state index contributed by atoms with van der Waals surface area (Å²) in [6.45, 7) is 0. The van der Waals surface area contributed by atoms with Crippen LogP contribution in [0.2, 0.25) is 0 Å². The molecule has 3 nitrogen and oxygen atoms in total. The van der Waals surface area contributed by atoms with E-state index in [4.69, 9.17) is 4.74 Å². The second-order valence-corrected chi connectivity index (χ2v) is 8.48. The second-order valence-electron chi connectivity index (χ2n) is 8.48. The van der Waals surface area contributed by atoms with E-state index in [1.54, 1.807) is 0 Å². The van der Waals surface area contributed by atoms with Crippen LogP contribution < -0.4 is 0 Å². The van der Waals surface area contributed by atoms with Gasteiger partial charge in [-0.05, 0) is 62.7 Å². The van der Waals surface area contributed by atoms with E-state index in [-0.39, 0.29) is 35.4 Å². The van der Waals surface area contributed by atoms with Crippen molar-refractivity contribution in [3.05, 3.63) is 12.2 Å². The molecule has 0 heterocycles. The lowest BCUT2D eigenvalue weighted by atomic mass is 9.54. The molecule has 6 aliphatic carbocycles. The number of rotatable bonds is 2. The molecular weight excluding hydrogens is 264 g/mol. The Hall–Kier alpha value is -0.830. The van der Waals surface area contributed by atoms with E-state index in [1.165, 1.54) is 19.3 Å². The van der Waals surface area contributed by atoms with Gasteiger partial charge >= 0.3 is 5.97 Å². The predicted octanol–water partition coefficient (Wildman–Crippen LogP) is 2.68. The van der Waals surface area contributed by atoms with Crippen molar-refractivity contribution in [1.29, 1.82) is 0 Å². The number of aliphatic hydroxyl groups excluding tert-OH is 1. The lowest BCUT2D eigenvalue weighted by Gasteiger charge is -2.55. The van der Waals surface area contributed by atoms with Crippen molar-refractivity contribution in [2.45, 2.75) is 56.7 Å². The number of hydrogen-bond donors (Lipinski definition) is 1. The van der Waals surface area contributed by atoms with Crippen molar-refractivity contribution in [2.24, 2.45) is 35.5 Å². The van der Waals surface area contributed by atoms with Crippen LogP contribution in [-0.2, 0) is 9.53 Å². The molecule has 0 aromatic rings. The Kier molecular flexibility index (Phi) is 2.49. The number of carbonyl (C=O) groups excluding carboxylic acids is 1. The molecule has 3 heteroatoms. The highest BCUT2D eigenvalue weighted by Gasteiger charge is 2.55. The third-order valence-corrected chi connectivity index (χ3v) is 7.01. The monoisotopic (exact) mass is 288 g/mol. The van der Waals surface area contributed by atoms with Crippen LogP contribution >= 0.6 is 0 Å². The van der Waals surface area contributed by atoms with Crippen LogP contribution in [0.4, 0.5) is 0 Å². The van der Waals surface area contributed by atoms with Crippen LogP contribution in [0.1, 0.15) is 44.9 Å². The number of aliphatic hydroxyl groups is 1. The normalized spacial score (nSPS) is 56.1. The Morgan fingerprint density at radius 2 is 1.62 bits per heavy atom. The maximum atomic E-state index is 12.7. The topological polar surface area (TPSA) is 46.5 Å². The van der Waals surface area contributed by atoms with Gasteiger partial charge in [0.05, 0.1) is 12.0 Å². The third-order valence-electron chi connectivity index (χ3n) is 7.01. The largest absolute Gasteiger partial charge is 0.459 e. The van der Waals surface area contributed by atoms with Gasteiger partial charge in [-0.1, -0.05) is 12.2 Å². The summed E-state index contributed by atoms with van der Waals surface area (Å²) >= 11 is 0. The van der Waals surface area contributed by atoms with Crippen molar-refractivity contribution in [3.8, 4) is 0 Å². The Balaban J connectivity index is 1.34. The number of esters is 1. The van der Waals surface area contributed by atoms with E-state index >= 15 is 0 Å². The zero-order valence-electron chi connectivity index (χ0n) is 12.4. The van der Waals surface area contributed by atoms with Crippen LogP contribution in [0.15, 0.2) is 12.2 Å². The summed E-state index contributed by atoms with van der Waals surface area (Å²) in [5.74, 6) is 2.48. The van der Waals surface area contributed by atoms with Gasteiger partial charge in [-0.3, -0.25) is 4.79 Å². The average Bonchev–Trinajstić information content (AvgIpc) is 2.92. The maximum Gasteiger partial charge on any atom is 0.310 e. The summed E-state index contributed by atoms with van der Waals surface area (Å²) in [4.78, 5) is 12.7. The molecule has 0 spiro atoms. The molecule has 6 bridgehead atoms. The van der Waals surface area contributed by atoms with Crippen LogP contribution in [0.3, 0.4) is 0 Å². The Labute approximate surface area is 125 Å². The minimum Gasteiger partial charge on any atom is -0.459 e. The quantitative estimate of drug-likeness (QED) is 0.628. The Morgan fingerprint density at radius 1 is 1.00 bits per heavy atom. The van der Waals surface area contributed by atoms with Gasteiger partial charge in [-0.25, -0.2) is 0 Å². The fraction of sp³-hybridized carbons (Fsp3) is 0.833. The molecule has 4 atom stereocenters. The van der Waals surface area contributed by atoms with Crippen LogP contribution in [0.25, 0.3) is 0 Å². The van der Waals surface area contributed by atoms with Gasteiger partial charge < -0.3 is 9.84 Å². The van der Waals surface area contributed by atoms with Gasteiger partial charge in [0, 0.05) is 11.8 Å². The number of ether oxygens (including phenoxy) is 1. The molecule has 0 radical (unpaired) electrons. The summed E-state index contributed by atoms with van der Waals surface area (Å²) < 4.78 is 6.15. The molecule has 0 aromatic carbocycles. The fourth-order valence-corrected chi connectivity index (χ4v) is 6.52. The zero-order chi connectivity index (χ0) is 14.2. The van der Waals surface area contributed by atoms with Gasteiger partial charge in [0.25, 0.3) is 0 Å². The van der Waals surface area contributed by atoms with Crippen LogP contribution in [-0.4, -0.2) is 22.8 Å². The number of fused-ring (bicyclic) bond motifs is 2. The highest BCUT2D eigenvalue weighted by Crippen LogP contribution is 2.57. The molecule has 0 amide bonds. The molecule has 21 heavy (non-hydrogen) atoms. The molecule has 6 rings (SSSR count). The Morgan fingerprint density at radius 3 is 2.10 bits per heavy atom. The molecule has 0 aliphatic heterocycles. The summed E-state index contributed by atoms with van der Waals surface area (Å²) in [5, 5.41) is 10.1. The van der Waals surface area contributed by atoms with Crippen molar-refractivity contribution in [3.63, 3.8) is 0 Å². The highest BCUT2D eigenvalue weighted by molar-refractivity contribution is 5.75. The fourth-order valence-electron chi connectivity index (χ4n) is 6.52. The van der Waals surface area contributed by atoms with Crippen molar-refractivity contribution >= 4 is 5.97 Å². The van der Waals surface area contributed by atoms with E-state index in [9.17, 15) is 9.90 Å². The van der Waals surface area contributed by atoms with Gasteiger partial charge in [-0.2, -0.15) is 0 Å². The van der Waals surface area contributed by atoms with E-state index < -0.39 is 0 Å². The van der Waals surface area contributed by atoms with Crippen molar-refractivity contribution in [2.75, 3.05) is 0 Å². The number of hydrogen-bond acceptors (Lipinski definition) is 3. The van der Waals surface area contributed by atoms with Crippen LogP contribution in [0.5, 0.6) is 0 Å². The van der Waals surface area contributed by atoms with Gasteiger partial charge in [0.1, 0.15) is 5.60 Å². The molecule has 4 unspecified atom stereocenters. The minimum absolute atomic E-state index is 0.0106. The Bertz CT molecular complexity index is 473. The first-order chi connectivity index (χ1) is 10.1. The third kappa shape index (κ3) is 1.79. The molecule has 5 fully saturated rings. The molecule has 6 aliphatic rings. The van der Waals surface area contributed by atoms with E-state index in [0.717, 1.165) is 43.4 Å². The lowest BCUT2D eigenvalue weighted by Crippen LogP contribution is -2.53. The van der Waals surface area contributed by atoms with Gasteiger partial charge in [0.2, 0.25) is 0 Å². The first kappa shape index (κ1) is 12.7. The SMILES string of the molecule is O=C(OC12CC3CC(CC(C3)C1)C2)C1CC2C=CC1C2O. The summed E-state index contributed by atoms with van der Waals surface area (Å²) in [6.07, 6.45) is 11.9. The van der Waals surface area contributed by atoms with E-state index in [1.807, 2.05) is 6.08 Å². The predicted molar refractivity (Wildman–Crippen MR) is 77.2 cm³/mol. The standard InChI is InChI=1S/C18H24O3/c19-16-13-1-2-14(16)15(6-13)17(20)21-18-7-10-3-11(8-18)5-12(4-10)9-18/h1-2,10-16,19H,3-9H2. The molecule has 5 saturated carbocycles. The highest BCUT2D eigenvalue weighted by atomic mass is 16.6. The van der Waals surface area contributed by atoms with E-state index in [2.05, 4.69) is 6.08 Å². The van der Waals surface area contributed by atoms with E-state index in [0.29, 0.717) is 0 Å². The summed E-state index contributed by atoms with van der Waals surface area (Å²) in [6, 6.07) is 0. The summed E-state index contributed by atoms with van der Waals surface area (Å²) in [7, 11) is 0. The van der Waals surface area contributed by atoms with Gasteiger partial charge in [-0.15, -0.1) is 0 Å². The molecule has 1 N–H and O–H groups in total. The summed E-state index contributed by atoms with van der Waals surface area (Å²) in [5.41, 5.74) is -0.137. The number of carbonyl (C=O) groups is 1. The lowest BCUT2D eigenvalue weighted by molar-refractivity contribution is -0.192. The van der Waals surface area contributed by atoms with Crippen LogP contribution in [0, 0.1) is 35.5 Å². The maximum absolute atomic E-state index is 12.7. The minimum atomic E-state index is -0.348. The zero-order valence-corrected chi connectivity index (χ0v) is 12.4. The smallest absolute Gasteiger partial charge is 0.310 e. The van der Waals surface area contributed by atoms with Crippen molar-refractivity contribution < 1.29 is 14.6 Å². The molecular formula is C18H24O3. The van der Waals surface area contributed by atoms with Crippen molar-refractivity contribution in [1.82, 2.24) is 0 Å². The molecule has 0 aromatic heterocycles. The van der Waals surface area contributed by atoms with Gasteiger partial charge in [0.15, 0.2) is 0 Å².